The molecule has 6 rings (SSSR count). The standard InChI is InChI=1S/C36H38N6O/c1-28-13-11-14-29(2)34(28)42-36(37-38-39-42)35(32-20-9-10-21-33(32)43-27-31-17-7-4-8-18-31)41-25-23-40(24-26-41)22-12-19-30-15-5-3-6-16-30/h3-21,35H,22-27H2,1-2H3/b19-12+/t35-/m1/s1. The van der Waals surface area contributed by atoms with Gasteiger partial charge in [-0.15, -0.1) is 5.10 Å². The summed E-state index contributed by atoms with van der Waals surface area (Å²) in [6.07, 6.45) is 4.46. The van der Waals surface area contributed by atoms with Crippen LogP contribution in [-0.4, -0.2) is 62.7 Å². The Balaban J connectivity index is 1.30. The predicted molar refractivity (Wildman–Crippen MR) is 171 cm³/mol. The first-order chi connectivity index (χ1) is 21.2. The second-order valence-corrected chi connectivity index (χ2v) is 11.1. The van der Waals surface area contributed by atoms with E-state index in [0.29, 0.717) is 6.61 Å². The van der Waals surface area contributed by atoms with Crippen LogP contribution in [0.4, 0.5) is 0 Å². The molecular weight excluding hydrogens is 532 g/mol. The Morgan fingerprint density at radius 3 is 2.19 bits per heavy atom. The summed E-state index contributed by atoms with van der Waals surface area (Å²) in [6, 6.07) is 35.2. The molecule has 7 heteroatoms. The third-order valence-corrected chi connectivity index (χ3v) is 8.09. The zero-order valence-electron chi connectivity index (χ0n) is 24.9. The van der Waals surface area contributed by atoms with E-state index in [-0.39, 0.29) is 6.04 Å². The molecule has 1 aliphatic rings. The van der Waals surface area contributed by atoms with Crippen LogP contribution in [0.15, 0.2) is 109 Å². The third kappa shape index (κ3) is 6.74. The fraction of sp³-hybridized carbons (Fsp3) is 0.250. The molecule has 0 unspecified atom stereocenters. The minimum Gasteiger partial charge on any atom is -0.489 e. The van der Waals surface area contributed by atoms with Crippen molar-refractivity contribution in [1.82, 2.24) is 30.0 Å². The molecule has 0 N–H and O–H groups in total. The Labute approximate surface area is 254 Å². The molecule has 1 fully saturated rings. The molecular formula is C36H38N6O. The van der Waals surface area contributed by atoms with Crippen LogP contribution < -0.4 is 4.74 Å². The molecule has 1 atom stereocenters. The SMILES string of the molecule is Cc1cccc(C)c1-n1nnnc1[C@@H](c1ccccc1OCc1ccccc1)N1CCN(C/C=C/c2ccccc2)CC1. The second-order valence-electron chi connectivity index (χ2n) is 11.1. The van der Waals surface area contributed by atoms with E-state index in [1.807, 2.05) is 28.9 Å². The lowest BCUT2D eigenvalue weighted by Crippen LogP contribution is -2.48. The van der Waals surface area contributed by atoms with E-state index in [1.54, 1.807) is 0 Å². The number of piperazine rings is 1. The number of hydrogen-bond donors (Lipinski definition) is 0. The van der Waals surface area contributed by atoms with E-state index in [2.05, 4.69) is 130 Å². The van der Waals surface area contributed by atoms with Crippen molar-refractivity contribution in [3.63, 3.8) is 0 Å². The highest BCUT2D eigenvalue weighted by molar-refractivity contribution is 5.49. The van der Waals surface area contributed by atoms with E-state index >= 15 is 0 Å². The van der Waals surface area contributed by atoms with Gasteiger partial charge in [-0.1, -0.05) is 109 Å². The van der Waals surface area contributed by atoms with Crippen LogP contribution in [0.3, 0.4) is 0 Å². The van der Waals surface area contributed by atoms with Gasteiger partial charge in [-0.05, 0) is 52.6 Å². The predicted octanol–water partition coefficient (Wildman–Crippen LogP) is 6.28. The van der Waals surface area contributed by atoms with Crippen molar-refractivity contribution >= 4 is 6.08 Å². The zero-order chi connectivity index (χ0) is 29.4. The molecule has 1 saturated heterocycles. The van der Waals surface area contributed by atoms with Gasteiger partial charge in [-0.25, -0.2) is 0 Å². The maximum absolute atomic E-state index is 6.48. The van der Waals surface area contributed by atoms with Crippen molar-refractivity contribution in [1.29, 1.82) is 0 Å². The Hall–Kier alpha value is -4.59. The van der Waals surface area contributed by atoms with Gasteiger partial charge in [0, 0.05) is 38.3 Å². The number of benzene rings is 4. The van der Waals surface area contributed by atoms with Gasteiger partial charge in [-0.2, -0.15) is 4.68 Å². The number of ether oxygens (including phenoxy) is 1. The molecule has 0 radical (unpaired) electrons. The lowest BCUT2D eigenvalue weighted by Gasteiger charge is -2.39. The molecule has 0 saturated carbocycles. The lowest BCUT2D eigenvalue weighted by molar-refractivity contribution is 0.112. The van der Waals surface area contributed by atoms with Crippen LogP contribution in [0.1, 0.15) is 39.7 Å². The zero-order valence-corrected chi connectivity index (χ0v) is 24.9. The Bertz CT molecular complexity index is 1620. The summed E-state index contributed by atoms with van der Waals surface area (Å²) in [5.74, 6) is 1.64. The average Bonchev–Trinajstić information content (AvgIpc) is 3.51. The molecule has 4 aromatic carbocycles. The van der Waals surface area contributed by atoms with Gasteiger partial charge >= 0.3 is 0 Å². The van der Waals surface area contributed by atoms with Gasteiger partial charge in [0.1, 0.15) is 18.4 Å². The molecule has 0 spiro atoms. The summed E-state index contributed by atoms with van der Waals surface area (Å²) < 4.78 is 8.41. The van der Waals surface area contributed by atoms with Crippen LogP contribution >= 0.6 is 0 Å². The first-order valence-corrected chi connectivity index (χ1v) is 15.0. The lowest BCUT2D eigenvalue weighted by atomic mass is 10.0. The minimum absolute atomic E-state index is 0.178. The Kier molecular flexibility index (Phi) is 9.02. The smallest absolute Gasteiger partial charge is 0.178 e. The van der Waals surface area contributed by atoms with Crippen LogP contribution in [0.5, 0.6) is 5.75 Å². The van der Waals surface area contributed by atoms with Gasteiger partial charge < -0.3 is 4.74 Å². The normalized spacial score (nSPS) is 15.1. The average molecular weight is 571 g/mol. The first kappa shape index (κ1) is 28.5. The first-order valence-electron chi connectivity index (χ1n) is 15.0. The number of aryl methyl sites for hydroxylation is 2. The third-order valence-electron chi connectivity index (χ3n) is 8.09. The number of aromatic nitrogens is 4. The number of nitrogens with zero attached hydrogens (tertiary/aromatic N) is 6. The van der Waals surface area contributed by atoms with E-state index in [1.165, 1.54) is 5.56 Å². The summed E-state index contributed by atoms with van der Waals surface area (Å²) in [5, 5.41) is 13.4. The van der Waals surface area contributed by atoms with E-state index < -0.39 is 0 Å². The molecule has 43 heavy (non-hydrogen) atoms. The molecule has 0 bridgehead atoms. The van der Waals surface area contributed by atoms with Crippen molar-refractivity contribution in [2.24, 2.45) is 0 Å². The highest BCUT2D eigenvalue weighted by Crippen LogP contribution is 2.36. The van der Waals surface area contributed by atoms with E-state index in [0.717, 1.165) is 72.2 Å². The van der Waals surface area contributed by atoms with Crippen molar-refractivity contribution in [2.45, 2.75) is 26.5 Å². The second kappa shape index (κ2) is 13.6. The van der Waals surface area contributed by atoms with Crippen molar-refractivity contribution < 1.29 is 4.74 Å². The molecule has 218 valence electrons. The van der Waals surface area contributed by atoms with E-state index in [4.69, 9.17) is 4.74 Å². The molecule has 1 aromatic heterocycles. The van der Waals surface area contributed by atoms with Crippen molar-refractivity contribution in [3.8, 4) is 11.4 Å². The van der Waals surface area contributed by atoms with Crippen LogP contribution in [0.25, 0.3) is 11.8 Å². The van der Waals surface area contributed by atoms with Gasteiger partial charge in [0.2, 0.25) is 0 Å². The Morgan fingerprint density at radius 1 is 0.767 bits per heavy atom. The molecule has 7 nitrogen and oxygen atoms in total. The van der Waals surface area contributed by atoms with Crippen LogP contribution in [0, 0.1) is 13.8 Å². The molecule has 0 aliphatic carbocycles. The monoisotopic (exact) mass is 570 g/mol. The fourth-order valence-corrected chi connectivity index (χ4v) is 5.84. The molecule has 1 aliphatic heterocycles. The molecule has 0 amide bonds. The summed E-state index contributed by atoms with van der Waals surface area (Å²) >= 11 is 0. The van der Waals surface area contributed by atoms with Gasteiger partial charge in [-0.3, -0.25) is 9.80 Å². The highest BCUT2D eigenvalue weighted by Gasteiger charge is 2.33. The van der Waals surface area contributed by atoms with Crippen LogP contribution in [0.2, 0.25) is 0 Å². The van der Waals surface area contributed by atoms with Gasteiger partial charge in [0.25, 0.3) is 0 Å². The Morgan fingerprint density at radius 2 is 1.44 bits per heavy atom. The quantitative estimate of drug-likeness (QED) is 0.197. The van der Waals surface area contributed by atoms with Crippen LogP contribution in [-0.2, 0) is 6.61 Å². The maximum Gasteiger partial charge on any atom is 0.178 e. The van der Waals surface area contributed by atoms with Gasteiger partial charge in [0.05, 0.1) is 5.69 Å². The highest BCUT2D eigenvalue weighted by atomic mass is 16.5. The largest absolute Gasteiger partial charge is 0.489 e. The van der Waals surface area contributed by atoms with E-state index in [9.17, 15) is 0 Å². The summed E-state index contributed by atoms with van der Waals surface area (Å²) in [4.78, 5) is 5.00. The van der Waals surface area contributed by atoms with Crippen molar-refractivity contribution in [2.75, 3.05) is 32.7 Å². The summed E-state index contributed by atoms with van der Waals surface area (Å²) in [7, 11) is 0. The molecule has 2 heterocycles. The molecule has 5 aromatic rings. The number of para-hydroxylation sites is 2. The number of hydrogen-bond acceptors (Lipinski definition) is 6. The number of tetrazole rings is 1. The van der Waals surface area contributed by atoms with Crippen molar-refractivity contribution in [3.05, 3.63) is 143 Å². The fourth-order valence-electron chi connectivity index (χ4n) is 5.84. The topological polar surface area (TPSA) is 59.3 Å². The maximum atomic E-state index is 6.48. The summed E-state index contributed by atoms with van der Waals surface area (Å²) in [5.41, 5.74) is 6.72. The van der Waals surface area contributed by atoms with Gasteiger partial charge in [0.15, 0.2) is 5.82 Å². The number of rotatable bonds is 10. The summed E-state index contributed by atoms with van der Waals surface area (Å²) in [6.45, 7) is 9.31. The minimum atomic E-state index is -0.178.